The number of aromatic nitrogens is 2. The van der Waals surface area contributed by atoms with Gasteiger partial charge in [0.25, 0.3) is 0 Å². The average molecular weight is 263 g/mol. The molecule has 19 heavy (non-hydrogen) atoms. The van der Waals surface area contributed by atoms with Crippen LogP contribution in [-0.2, 0) is 5.41 Å². The van der Waals surface area contributed by atoms with Crippen molar-refractivity contribution < 1.29 is 4.52 Å². The number of hydrogen-bond acceptors (Lipinski definition) is 4. The second kappa shape index (κ2) is 5.23. The van der Waals surface area contributed by atoms with Crippen LogP contribution in [-0.4, -0.2) is 16.7 Å². The first kappa shape index (κ1) is 13.1. The van der Waals surface area contributed by atoms with Crippen molar-refractivity contribution in [2.45, 2.75) is 69.6 Å². The maximum Gasteiger partial charge on any atom is 0.234 e. The number of rotatable bonds is 4. The first-order valence-corrected chi connectivity index (χ1v) is 7.81. The van der Waals surface area contributed by atoms with Crippen molar-refractivity contribution in [2.24, 2.45) is 11.7 Å². The van der Waals surface area contributed by atoms with Gasteiger partial charge in [0, 0.05) is 12.5 Å². The fourth-order valence-electron chi connectivity index (χ4n) is 3.62. The van der Waals surface area contributed by atoms with Crippen molar-refractivity contribution in [3.63, 3.8) is 0 Å². The van der Waals surface area contributed by atoms with E-state index < -0.39 is 0 Å². The van der Waals surface area contributed by atoms with Gasteiger partial charge in [-0.1, -0.05) is 37.8 Å². The smallest absolute Gasteiger partial charge is 0.234 e. The predicted molar refractivity (Wildman–Crippen MR) is 73.9 cm³/mol. The van der Waals surface area contributed by atoms with Crippen LogP contribution in [0.2, 0.25) is 0 Å². The molecule has 2 aliphatic rings. The third kappa shape index (κ3) is 2.31. The average Bonchev–Trinajstić information content (AvgIpc) is 2.88. The Bertz CT molecular complexity index is 419. The molecule has 106 valence electrons. The highest BCUT2D eigenvalue weighted by Gasteiger charge is 2.43. The monoisotopic (exact) mass is 263 g/mol. The van der Waals surface area contributed by atoms with E-state index in [0.717, 1.165) is 30.5 Å². The van der Waals surface area contributed by atoms with E-state index in [0.29, 0.717) is 12.5 Å². The minimum Gasteiger partial charge on any atom is -0.339 e. The molecule has 0 aromatic carbocycles. The van der Waals surface area contributed by atoms with Crippen LogP contribution in [0.3, 0.4) is 0 Å². The summed E-state index contributed by atoms with van der Waals surface area (Å²) in [6.07, 6.45) is 9.82. The minimum absolute atomic E-state index is 0.00404. The van der Waals surface area contributed by atoms with Gasteiger partial charge in [0.1, 0.15) is 0 Å². The summed E-state index contributed by atoms with van der Waals surface area (Å²) < 4.78 is 5.54. The molecule has 2 N–H and O–H groups in total. The first-order chi connectivity index (χ1) is 9.27. The van der Waals surface area contributed by atoms with Gasteiger partial charge < -0.3 is 10.3 Å². The molecule has 0 spiro atoms. The molecular weight excluding hydrogens is 238 g/mol. The van der Waals surface area contributed by atoms with Gasteiger partial charge >= 0.3 is 0 Å². The zero-order valence-corrected chi connectivity index (χ0v) is 11.9. The molecule has 1 heterocycles. The highest BCUT2D eigenvalue weighted by molar-refractivity contribution is 5.12. The van der Waals surface area contributed by atoms with E-state index in [2.05, 4.69) is 12.1 Å². The largest absolute Gasteiger partial charge is 0.339 e. The van der Waals surface area contributed by atoms with E-state index >= 15 is 0 Å². The van der Waals surface area contributed by atoms with Gasteiger partial charge in [-0.25, -0.2) is 0 Å². The number of nitrogens with zero attached hydrogens (tertiary/aromatic N) is 2. The Morgan fingerprint density at radius 1 is 1.32 bits per heavy atom. The van der Waals surface area contributed by atoms with Crippen LogP contribution < -0.4 is 5.73 Å². The zero-order chi connectivity index (χ0) is 13.3. The molecule has 2 saturated carbocycles. The van der Waals surface area contributed by atoms with Gasteiger partial charge in [-0.15, -0.1) is 0 Å². The lowest BCUT2D eigenvalue weighted by Crippen LogP contribution is -2.41. The SMILES string of the molecule is CCC1CCCC(c2noc(C3(CN)CCC3)n2)C1. The van der Waals surface area contributed by atoms with Crippen molar-refractivity contribution >= 4 is 0 Å². The summed E-state index contributed by atoms with van der Waals surface area (Å²) in [7, 11) is 0. The van der Waals surface area contributed by atoms with Crippen LogP contribution in [0.5, 0.6) is 0 Å². The van der Waals surface area contributed by atoms with Gasteiger partial charge in [0.05, 0.1) is 5.41 Å². The summed E-state index contributed by atoms with van der Waals surface area (Å²) >= 11 is 0. The van der Waals surface area contributed by atoms with Crippen LogP contribution in [0.15, 0.2) is 4.52 Å². The first-order valence-electron chi connectivity index (χ1n) is 7.81. The van der Waals surface area contributed by atoms with Crippen molar-refractivity contribution in [1.29, 1.82) is 0 Å². The van der Waals surface area contributed by atoms with Gasteiger partial charge in [0.15, 0.2) is 5.82 Å². The molecule has 1 aromatic rings. The number of hydrogen-bond donors (Lipinski definition) is 1. The molecule has 4 heteroatoms. The fourth-order valence-corrected chi connectivity index (χ4v) is 3.62. The predicted octanol–water partition coefficient (Wildman–Crippen LogP) is 3.13. The Balaban J connectivity index is 1.74. The van der Waals surface area contributed by atoms with E-state index in [9.17, 15) is 0 Å². The van der Waals surface area contributed by atoms with Crippen molar-refractivity contribution in [2.75, 3.05) is 6.54 Å². The summed E-state index contributed by atoms with van der Waals surface area (Å²) in [6.45, 7) is 2.92. The fraction of sp³-hybridized carbons (Fsp3) is 0.867. The summed E-state index contributed by atoms with van der Waals surface area (Å²) in [5, 5.41) is 4.26. The molecule has 1 aromatic heterocycles. The van der Waals surface area contributed by atoms with E-state index in [1.54, 1.807) is 0 Å². The maximum absolute atomic E-state index is 5.90. The molecule has 2 atom stereocenters. The molecule has 0 amide bonds. The lowest BCUT2D eigenvalue weighted by atomic mass is 9.68. The Morgan fingerprint density at radius 2 is 2.16 bits per heavy atom. The highest BCUT2D eigenvalue weighted by atomic mass is 16.5. The van der Waals surface area contributed by atoms with Crippen molar-refractivity contribution in [1.82, 2.24) is 10.1 Å². The summed E-state index contributed by atoms with van der Waals surface area (Å²) in [6, 6.07) is 0. The van der Waals surface area contributed by atoms with E-state index in [1.165, 1.54) is 38.5 Å². The molecule has 2 aliphatic carbocycles. The Labute approximate surface area is 115 Å². The van der Waals surface area contributed by atoms with E-state index in [-0.39, 0.29) is 5.41 Å². The third-order valence-corrected chi connectivity index (χ3v) is 5.32. The Morgan fingerprint density at radius 3 is 2.79 bits per heavy atom. The zero-order valence-electron chi connectivity index (χ0n) is 11.9. The quantitative estimate of drug-likeness (QED) is 0.906. The van der Waals surface area contributed by atoms with Gasteiger partial charge in [-0.05, 0) is 31.6 Å². The highest BCUT2D eigenvalue weighted by Crippen LogP contribution is 2.43. The molecule has 0 aliphatic heterocycles. The molecule has 2 unspecified atom stereocenters. The van der Waals surface area contributed by atoms with Gasteiger partial charge in [-0.3, -0.25) is 0 Å². The van der Waals surface area contributed by atoms with E-state index in [4.69, 9.17) is 15.2 Å². The molecule has 2 fully saturated rings. The van der Waals surface area contributed by atoms with Crippen molar-refractivity contribution in [3.8, 4) is 0 Å². The normalized spacial score (nSPS) is 30.0. The molecular formula is C15H25N3O. The van der Waals surface area contributed by atoms with Crippen LogP contribution in [0.4, 0.5) is 0 Å². The summed E-state index contributed by atoms with van der Waals surface area (Å²) in [4.78, 5) is 4.71. The molecule has 4 nitrogen and oxygen atoms in total. The molecule has 0 bridgehead atoms. The summed E-state index contributed by atoms with van der Waals surface area (Å²) in [5.74, 6) is 3.08. The molecule has 3 rings (SSSR count). The van der Waals surface area contributed by atoms with Crippen LogP contribution in [0.25, 0.3) is 0 Å². The summed E-state index contributed by atoms with van der Waals surface area (Å²) in [5.41, 5.74) is 5.91. The van der Waals surface area contributed by atoms with Crippen LogP contribution in [0, 0.1) is 5.92 Å². The Kier molecular flexibility index (Phi) is 3.61. The van der Waals surface area contributed by atoms with Crippen LogP contribution in [0.1, 0.15) is 75.9 Å². The Hall–Kier alpha value is -0.900. The second-order valence-corrected chi connectivity index (χ2v) is 6.43. The molecule has 0 saturated heterocycles. The minimum atomic E-state index is 0.00404. The lowest BCUT2D eigenvalue weighted by molar-refractivity contribution is 0.181. The third-order valence-electron chi connectivity index (χ3n) is 5.32. The maximum atomic E-state index is 5.90. The number of nitrogens with two attached hydrogens (primary N) is 1. The van der Waals surface area contributed by atoms with Crippen LogP contribution >= 0.6 is 0 Å². The van der Waals surface area contributed by atoms with Gasteiger partial charge in [0.2, 0.25) is 5.89 Å². The van der Waals surface area contributed by atoms with Crippen molar-refractivity contribution in [3.05, 3.63) is 11.7 Å². The molecule has 0 radical (unpaired) electrons. The topological polar surface area (TPSA) is 64.9 Å². The second-order valence-electron chi connectivity index (χ2n) is 6.43. The standard InChI is InChI=1S/C15H25N3O/c1-2-11-5-3-6-12(9-11)13-17-14(19-18-13)15(10-16)7-4-8-15/h11-12H,2-10,16H2,1H3. The lowest BCUT2D eigenvalue weighted by Gasteiger charge is -2.37. The van der Waals surface area contributed by atoms with Gasteiger partial charge in [-0.2, -0.15) is 4.98 Å². The van der Waals surface area contributed by atoms with E-state index in [1.807, 2.05) is 0 Å².